The van der Waals surface area contributed by atoms with Crippen molar-refractivity contribution in [1.82, 2.24) is 4.90 Å². The third-order valence-electron chi connectivity index (χ3n) is 2.66. The Bertz CT molecular complexity index is 242. The van der Waals surface area contributed by atoms with E-state index in [4.69, 9.17) is 5.73 Å². The molecule has 1 rings (SSSR count). The Kier molecular flexibility index (Phi) is 3.46. The van der Waals surface area contributed by atoms with E-state index in [-0.39, 0.29) is 24.0 Å². The zero-order chi connectivity index (χ0) is 10.7. The monoisotopic (exact) mass is 200 g/mol. The van der Waals surface area contributed by atoms with Crippen LogP contribution in [0.1, 0.15) is 19.8 Å². The van der Waals surface area contributed by atoms with E-state index < -0.39 is 0 Å². The van der Waals surface area contributed by atoms with Gasteiger partial charge in [0.25, 0.3) is 0 Å². The molecular weight excluding hydrogens is 184 g/mol. The number of hydrogen-bond acceptors (Lipinski definition) is 4. The Morgan fingerprint density at radius 1 is 1.57 bits per heavy atom. The molecule has 1 unspecified atom stereocenters. The van der Waals surface area contributed by atoms with E-state index in [9.17, 15) is 9.59 Å². The van der Waals surface area contributed by atoms with Crippen LogP contribution in [0.5, 0.6) is 0 Å². The Labute approximate surface area is 83.2 Å². The van der Waals surface area contributed by atoms with Gasteiger partial charge < -0.3 is 10.5 Å². The van der Waals surface area contributed by atoms with E-state index in [0.29, 0.717) is 0 Å². The highest BCUT2D eigenvalue weighted by molar-refractivity contribution is 5.82. The van der Waals surface area contributed by atoms with E-state index in [1.54, 1.807) is 11.8 Å². The number of nitrogens with zero attached hydrogens (tertiary/aromatic N) is 1. The molecule has 1 fully saturated rings. The SMILES string of the molecule is COC(=O)C(C)N1CCC[C@H]1C(N)=O. The first-order chi connectivity index (χ1) is 6.57. The molecular formula is C9H16N2O3. The van der Waals surface area contributed by atoms with Gasteiger partial charge in [0, 0.05) is 0 Å². The fraction of sp³-hybridized carbons (Fsp3) is 0.778. The van der Waals surface area contributed by atoms with Crippen molar-refractivity contribution in [2.45, 2.75) is 31.8 Å². The molecule has 0 aliphatic carbocycles. The first kappa shape index (κ1) is 11.0. The Morgan fingerprint density at radius 2 is 2.21 bits per heavy atom. The number of carbonyl (C=O) groups excluding carboxylic acids is 2. The second kappa shape index (κ2) is 4.41. The average molecular weight is 200 g/mol. The molecule has 1 heterocycles. The van der Waals surface area contributed by atoms with E-state index in [1.807, 2.05) is 0 Å². The van der Waals surface area contributed by atoms with Gasteiger partial charge in [0.1, 0.15) is 6.04 Å². The van der Waals surface area contributed by atoms with Gasteiger partial charge in [-0.1, -0.05) is 0 Å². The van der Waals surface area contributed by atoms with E-state index in [0.717, 1.165) is 19.4 Å². The molecule has 2 N–H and O–H groups in total. The van der Waals surface area contributed by atoms with Gasteiger partial charge in [-0.15, -0.1) is 0 Å². The van der Waals surface area contributed by atoms with Crippen LogP contribution in [-0.2, 0) is 14.3 Å². The minimum Gasteiger partial charge on any atom is -0.468 e. The van der Waals surface area contributed by atoms with Gasteiger partial charge in [0.15, 0.2) is 0 Å². The van der Waals surface area contributed by atoms with Gasteiger partial charge in [-0.05, 0) is 26.3 Å². The summed E-state index contributed by atoms with van der Waals surface area (Å²) >= 11 is 0. The van der Waals surface area contributed by atoms with Gasteiger partial charge in [-0.3, -0.25) is 14.5 Å². The van der Waals surface area contributed by atoms with Crippen molar-refractivity contribution >= 4 is 11.9 Å². The summed E-state index contributed by atoms with van der Waals surface area (Å²) in [6, 6.07) is -0.705. The normalized spacial score (nSPS) is 24.6. The number of primary amides is 1. The van der Waals surface area contributed by atoms with Crippen molar-refractivity contribution in [2.24, 2.45) is 5.73 Å². The highest BCUT2D eigenvalue weighted by Crippen LogP contribution is 2.20. The molecule has 0 spiro atoms. The van der Waals surface area contributed by atoms with Gasteiger partial charge in [0.2, 0.25) is 5.91 Å². The quantitative estimate of drug-likeness (QED) is 0.623. The van der Waals surface area contributed by atoms with Gasteiger partial charge >= 0.3 is 5.97 Å². The maximum atomic E-state index is 11.3. The molecule has 0 aromatic rings. The molecule has 1 saturated heterocycles. The van der Waals surface area contributed by atoms with Crippen molar-refractivity contribution in [1.29, 1.82) is 0 Å². The largest absolute Gasteiger partial charge is 0.468 e. The van der Waals surface area contributed by atoms with Gasteiger partial charge in [0.05, 0.1) is 13.2 Å². The third-order valence-corrected chi connectivity index (χ3v) is 2.66. The third kappa shape index (κ3) is 2.04. The number of ether oxygens (including phenoxy) is 1. The summed E-state index contributed by atoms with van der Waals surface area (Å²) in [5.74, 6) is -0.684. The molecule has 2 atom stereocenters. The molecule has 1 amide bonds. The highest BCUT2D eigenvalue weighted by atomic mass is 16.5. The number of likely N-dealkylation sites (tertiary alicyclic amines) is 1. The fourth-order valence-corrected chi connectivity index (χ4v) is 1.86. The maximum absolute atomic E-state index is 11.3. The van der Waals surface area contributed by atoms with E-state index >= 15 is 0 Å². The van der Waals surface area contributed by atoms with Crippen molar-refractivity contribution in [3.05, 3.63) is 0 Å². The van der Waals surface area contributed by atoms with E-state index in [2.05, 4.69) is 4.74 Å². The van der Waals surface area contributed by atoms with Crippen LogP contribution in [0.4, 0.5) is 0 Å². The standard InChI is InChI=1S/C9H16N2O3/c1-6(9(13)14-2)11-5-3-4-7(11)8(10)12/h6-7H,3-5H2,1-2H3,(H2,10,12)/t6?,7-/m0/s1. The second-order valence-corrected chi connectivity index (χ2v) is 3.50. The fourth-order valence-electron chi connectivity index (χ4n) is 1.86. The summed E-state index contributed by atoms with van der Waals surface area (Å²) in [4.78, 5) is 24.1. The average Bonchev–Trinajstić information content (AvgIpc) is 2.63. The van der Waals surface area contributed by atoms with Gasteiger partial charge in [-0.25, -0.2) is 0 Å². The van der Waals surface area contributed by atoms with Crippen LogP contribution in [0, 0.1) is 0 Å². The van der Waals surface area contributed by atoms with Crippen molar-refractivity contribution in [2.75, 3.05) is 13.7 Å². The molecule has 14 heavy (non-hydrogen) atoms. The van der Waals surface area contributed by atoms with Gasteiger partial charge in [-0.2, -0.15) is 0 Å². The molecule has 5 heteroatoms. The lowest BCUT2D eigenvalue weighted by Gasteiger charge is -2.26. The summed E-state index contributed by atoms with van der Waals surface area (Å²) in [5.41, 5.74) is 5.23. The van der Waals surface area contributed by atoms with Crippen LogP contribution in [0.15, 0.2) is 0 Å². The first-order valence-electron chi connectivity index (χ1n) is 4.70. The topological polar surface area (TPSA) is 72.6 Å². The van der Waals surface area contributed by atoms with Crippen molar-refractivity contribution in [3.8, 4) is 0 Å². The number of carbonyl (C=O) groups is 2. The molecule has 80 valence electrons. The van der Waals surface area contributed by atoms with Crippen LogP contribution >= 0.6 is 0 Å². The minimum atomic E-state index is -0.389. The summed E-state index contributed by atoms with van der Waals surface area (Å²) in [6.45, 7) is 2.46. The molecule has 5 nitrogen and oxygen atoms in total. The van der Waals surface area contributed by atoms with Crippen LogP contribution < -0.4 is 5.73 Å². The van der Waals surface area contributed by atoms with Crippen molar-refractivity contribution < 1.29 is 14.3 Å². The number of esters is 1. The zero-order valence-corrected chi connectivity index (χ0v) is 8.53. The predicted octanol–water partition coefficient (Wildman–Crippen LogP) is -0.502. The lowest BCUT2D eigenvalue weighted by atomic mass is 10.2. The maximum Gasteiger partial charge on any atom is 0.322 e. The van der Waals surface area contributed by atoms with Crippen LogP contribution in [-0.4, -0.2) is 42.5 Å². The summed E-state index contributed by atoms with van der Waals surface area (Å²) in [7, 11) is 1.34. The van der Waals surface area contributed by atoms with Crippen LogP contribution in [0.25, 0.3) is 0 Å². The summed E-state index contributed by atoms with van der Waals surface area (Å²) < 4.78 is 4.62. The molecule has 0 aromatic carbocycles. The number of hydrogen-bond donors (Lipinski definition) is 1. The molecule has 0 saturated carbocycles. The summed E-state index contributed by atoms with van der Waals surface area (Å²) in [5, 5.41) is 0. The van der Waals surface area contributed by atoms with Crippen molar-refractivity contribution in [3.63, 3.8) is 0 Å². The first-order valence-corrected chi connectivity index (χ1v) is 4.70. The number of amides is 1. The molecule has 0 radical (unpaired) electrons. The molecule has 1 aliphatic rings. The Morgan fingerprint density at radius 3 is 2.71 bits per heavy atom. The van der Waals surface area contributed by atoms with Crippen LogP contribution in [0.3, 0.4) is 0 Å². The molecule has 0 bridgehead atoms. The lowest BCUT2D eigenvalue weighted by Crippen LogP contribution is -2.48. The number of methoxy groups -OCH3 is 1. The number of nitrogens with two attached hydrogens (primary N) is 1. The summed E-state index contributed by atoms with van der Waals surface area (Å²) in [6.07, 6.45) is 1.63. The van der Waals surface area contributed by atoms with Crippen LogP contribution in [0.2, 0.25) is 0 Å². The highest BCUT2D eigenvalue weighted by Gasteiger charge is 2.35. The second-order valence-electron chi connectivity index (χ2n) is 3.50. The Hall–Kier alpha value is -1.10. The molecule has 1 aliphatic heterocycles. The van der Waals surface area contributed by atoms with E-state index in [1.165, 1.54) is 7.11 Å². The smallest absolute Gasteiger partial charge is 0.322 e. The number of rotatable bonds is 3. The lowest BCUT2D eigenvalue weighted by molar-refractivity contribution is -0.147. The molecule has 0 aromatic heterocycles. The Balaban J connectivity index is 2.66. The minimum absolute atomic E-state index is 0.316. The predicted molar refractivity (Wildman–Crippen MR) is 50.4 cm³/mol. The zero-order valence-electron chi connectivity index (χ0n) is 8.53.